The summed E-state index contributed by atoms with van der Waals surface area (Å²) in [4.78, 5) is 17.3. The van der Waals surface area contributed by atoms with Crippen LogP contribution in [0.2, 0.25) is 0 Å². The van der Waals surface area contributed by atoms with Crippen molar-refractivity contribution in [1.29, 1.82) is 0 Å². The van der Waals surface area contributed by atoms with Crippen molar-refractivity contribution >= 4 is 22.5 Å². The highest BCUT2D eigenvalue weighted by Gasteiger charge is 2.32. The summed E-state index contributed by atoms with van der Waals surface area (Å²) < 4.78 is 0. The number of anilines is 1. The molecule has 23 heavy (non-hydrogen) atoms. The summed E-state index contributed by atoms with van der Waals surface area (Å²) in [5.41, 5.74) is 9.39. The van der Waals surface area contributed by atoms with Crippen molar-refractivity contribution in [3.63, 3.8) is 0 Å². The van der Waals surface area contributed by atoms with Gasteiger partial charge in [0.05, 0.1) is 17.2 Å². The summed E-state index contributed by atoms with van der Waals surface area (Å²) in [5, 5.41) is 13.6. The van der Waals surface area contributed by atoms with E-state index in [1.165, 1.54) is 0 Å². The average Bonchev–Trinajstić information content (AvgIpc) is 2.81. The first-order chi connectivity index (χ1) is 11.1. The van der Waals surface area contributed by atoms with Crippen LogP contribution in [0.5, 0.6) is 5.75 Å². The Balaban J connectivity index is 2.13. The molecule has 4 rings (SSSR count). The number of carbonyl (C=O) groups is 1. The van der Waals surface area contributed by atoms with Gasteiger partial charge in [-0.1, -0.05) is 24.3 Å². The second-order valence-electron chi connectivity index (χ2n) is 5.72. The lowest BCUT2D eigenvalue weighted by atomic mass is 10.0. The molecule has 0 amide bonds. The molecule has 114 valence electrons. The first kappa shape index (κ1) is 13.7. The zero-order valence-electron chi connectivity index (χ0n) is 12.5. The van der Waals surface area contributed by atoms with Crippen molar-refractivity contribution in [3.05, 3.63) is 53.6 Å². The number of rotatable bonds is 2. The summed E-state index contributed by atoms with van der Waals surface area (Å²) >= 11 is 0. The SMILES string of the molecule is CC(N)Nc1nc2cc(O)ccc2c2c1C(=O)c1ccccc1-2. The molecule has 0 spiro atoms. The maximum absolute atomic E-state index is 12.8. The molecule has 1 atom stereocenters. The van der Waals surface area contributed by atoms with Gasteiger partial charge in [-0.3, -0.25) is 4.79 Å². The Hall–Kier alpha value is -2.92. The molecule has 2 aromatic carbocycles. The minimum absolute atomic E-state index is 0.0544. The Labute approximate surface area is 132 Å². The van der Waals surface area contributed by atoms with Crippen LogP contribution in [-0.2, 0) is 0 Å². The van der Waals surface area contributed by atoms with Crippen LogP contribution in [-0.4, -0.2) is 22.0 Å². The van der Waals surface area contributed by atoms with Crippen LogP contribution in [0, 0.1) is 0 Å². The molecule has 5 nitrogen and oxygen atoms in total. The first-order valence-electron chi connectivity index (χ1n) is 7.39. The smallest absolute Gasteiger partial charge is 0.198 e. The molecular weight excluding hydrogens is 290 g/mol. The number of benzene rings is 2. The second-order valence-corrected chi connectivity index (χ2v) is 5.72. The van der Waals surface area contributed by atoms with E-state index in [1.54, 1.807) is 25.1 Å². The van der Waals surface area contributed by atoms with Crippen molar-refractivity contribution in [2.24, 2.45) is 5.73 Å². The Morgan fingerprint density at radius 2 is 1.87 bits per heavy atom. The van der Waals surface area contributed by atoms with Gasteiger partial charge in [0.1, 0.15) is 11.6 Å². The highest BCUT2D eigenvalue weighted by atomic mass is 16.3. The van der Waals surface area contributed by atoms with Gasteiger partial charge in [-0.15, -0.1) is 0 Å². The van der Waals surface area contributed by atoms with Crippen molar-refractivity contribution < 1.29 is 9.90 Å². The zero-order valence-corrected chi connectivity index (χ0v) is 12.5. The third-order valence-electron chi connectivity index (χ3n) is 4.00. The second kappa shape index (κ2) is 4.79. The molecule has 4 N–H and O–H groups in total. The molecular formula is C18H15N3O2. The van der Waals surface area contributed by atoms with E-state index in [4.69, 9.17) is 5.73 Å². The number of hydrogen-bond acceptors (Lipinski definition) is 5. The van der Waals surface area contributed by atoms with E-state index in [0.717, 1.165) is 16.5 Å². The third kappa shape index (κ3) is 1.98. The maximum atomic E-state index is 12.8. The normalized spacial score (nSPS) is 13.7. The van der Waals surface area contributed by atoms with E-state index in [9.17, 15) is 9.90 Å². The minimum Gasteiger partial charge on any atom is -0.508 e. The topological polar surface area (TPSA) is 88.2 Å². The number of fused-ring (bicyclic) bond motifs is 5. The average molecular weight is 305 g/mol. The van der Waals surface area contributed by atoms with Gasteiger partial charge >= 0.3 is 0 Å². The lowest BCUT2D eigenvalue weighted by Gasteiger charge is -2.15. The molecule has 1 aliphatic rings. The maximum Gasteiger partial charge on any atom is 0.198 e. The van der Waals surface area contributed by atoms with Crippen molar-refractivity contribution in [1.82, 2.24) is 4.98 Å². The standard InChI is InChI=1S/C18H15N3O2/c1-9(19)20-18-16-15(11-4-2-3-5-12(11)17(16)23)13-7-6-10(22)8-14(13)21-18/h2-9,22H,19H2,1H3,(H,20,21). The molecule has 0 fully saturated rings. The number of nitrogens with one attached hydrogen (secondary N) is 1. The molecule has 5 heteroatoms. The number of phenolic OH excluding ortho intramolecular Hbond substituents is 1. The van der Waals surface area contributed by atoms with Crippen LogP contribution in [0.15, 0.2) is 42.5 Å². The van der Waals surface area contributed by atoms with Crippen LogP contribution >= 0.6 is 0 Å². The molecule has 1 heterocycles. The van der Waals surface area contributed by atoms with Gasteiger partial charge in [-0.2, -0.15) is 0 Å². The highest BCUT2D eigenvalue weighted by Crippen LogP contribution is 2.44. The molecule has 0 saturated carbocycles. The fraction of sp³-hybridized carbons (Fsp3) is 0.111. The van der Waals surface area contributed by atoms with Crippen LogP contribution in [0.25, 0.3) is 22.0 Å². The third-order valence-corrected chi connectivity index (χ3v) is 4.00. The Morgan fingerprint density at radius 1 is 1.13 bits per heavy atom. The van der Waals surface area contributed by atoms with E-state index in [0.29, 0.717) is 22.5 Å². The van der Waals surface area contributed by atoms with Gasteiger partial charge in [0.15, 0.2) is 5.78 Å². The van der Waals surface area contributed by atoms with E-state index < -0.39 is 0 Å². The lowest BCUT2D eigenvalue weighted by molar-refractivity contribution is 0.104. The van der Waals surface area contributed by atoms with E-state index in [2.05, 4.69) is 10.3 Å². The number of pyridine rings is 1. The first-order valence-corrected chi connectivity index (χ1v) is 7.39. The number of aromatic nitrogens is 1. The van der Waals surface area contributed by atoms with Crippen molar-refractivity contribution in [3.8, 4) is 16.9 Å². The van der Waals surface area contributed by atoms with Crippen LogP contribution < -0.4 is 11.1 Å². The zero-order chi connectivity index (χ0) is 16.1. The lowest BCUT2D eigenvalue weighted by Crippen LogP contribution is -2.27. The van der Waals surface area contributed by atoms with Gasteiger partial charge in [-0.25, -0.2) is 4.98 Å². The van der Waals surface area contributed by atoms with Crippen molar-refractivity contribution in [2.45, 2.75) is 13.1 Å². The predicted molar refractivity (Wildman–Crippen MR) is 89.5 cm³/mol. The van der Waals surface area contributed by atoms with E-state index in [-0.39, 0.29) is 17.7 Å². The van der Waals surface area contributed by atoms with E-state index in [1.807, 2.05) is 24.3 Å². The van der Waals surface area contributed by atoms with Gasteiger partial charge in [0, 0.05) is 22.6 Å². The molecule has 0 bridgehead atoms. The summed E-state index contributed by atoms with van der Waals surface area (Å²) in [6, 6.07) is 12.5. The number of hydrogen-bond donors (Lipinski definition) is 3. The van der Waals surface area contributed by atoms with Crippen molar-refractivity contribution in [2.75, 3.05) is 5.32 Å². The monoisotopic (exact) mass is 305 g/mol. The number of nitrogens with zero attached hydrogens (tertiary/aromatic N) is 1. The number of phenols is 1. The van der Waals surface area contributed by atoms with Gasteiger partial charge in [0.2, 0.25) is 0 Å². The van der Waals surface area contributed by atoms with E-state index >= 15 is 0 Å². The summed E-state index contributed by atoms with van der Waals surface area (Å²) in [7, 11) is 0. The fourth-order valence-electron chi connectivity index (χ4n) is 3.11. The minimum atomic E-state index is -0.349. The molecule has 0 radical (unpaired) electrons. The number of carbonyl (C=O) groups excluding carboxylic acids is 1. The Morgan fingerprint density at radius 3 is 2.61 bits per heavy atom. The molecule has 3 aromatic rings. The van der Waals surface area contributed by atoms with Gasteiger partial charge < -0.3 is 16.2 Å². The molecule has 1 aromatic heterocycles. The molecule has 0 aliphatic heterocycles. The molecule has 1 unspecified atom stereocenters. The molecule has 0 saturated heterocycles. The number of aromatic hydroxyl groups is 1. The number of nitrogens with two attached hydrogens (primary N) is 1. The Kier molecular flexibility index (Phi) is 2.86. The molecule has 1 aliphatic carbocycles. The highest BCUT2D eigenvalue weighted by molar-refractivity contribution is 6.28. The predicted octanol–water partition coefficient (Wildman–Crippen LogP) is 2.87. The largest absolute Gasteiger partial charge is 0.508 e. The fourth-order valence-corrected chi connectivity index (χ4v) is 3.11. The summed E-state index contributed by atoms with van der Waals surface area (Å²) in [5.74, 6) is 0.532. The summed E-state index contributed by atoms with van der Waals surface area (Å²) in [6.45, 7) is 1.79. The van der Waals surface area contributed by atoms with Crippen LogP contribution in [0.3, 0.4) is 0 Å². The van der Waals surface area contributed by atoms with Crippen LogP contribution in [0.4, 0.5) is 5.82 Å². The van der Waals surface area contributed by atoms with Crippen LogP contribution in [0.1, 0.15) is 22.8 Å². The summed E-state index contributed by atoms with van der Waals surface area (Å²) in [6.07, 6.45) is -0.349. The number of ketones is 1. The quantitative estimate of drug-likeness (QED) is 0.496. The Bertz CT molecular complexity index is 964. The van der Waals surface area contributed by atoms with Gasteiger partial charge in [-0.05, 0) is 24.6 Å². The van der Waals surface area contributed by atoms with Gasteiger partial charge in [0.25, 0.3) is 0 Å².